The van der Waals surface area contributed by atoms with Crippen molar-refractivity contribution in [1.29, 1.82) is 0 Å². The normalized spacial score (nSPS) is 10.9. The molecule has 0 fully saturated rings. The van der Waals surface area contributed by atoms with E-state index in [1.54, 1.807) is 26.0 Å². The van der Waals surface area contributed by atoms with Crippen molar-refractivity contribution in [3.8, 4) is 0 Å². The zero-order valence-corrected chi connectivity index (χ0v) is 17.1. The molecule has 1 rings (SSSR count). The highest BCUT2D eigenvalue weighted by Crippen LogP contribution is 2.21. The summed E-state index contributed by atoms with van der Waals surface area (Å²) < 4.78 is 10.0. The molecular formula is C20H28N2O7. The van der Waals surface area contributed by atoms with Crippen LogP contribution in [0.15, 0.2) is 24.3 Å². The lowest BCUT2D eigenvalue weighted by atomic mass is 9.91. The summed E-state index contributed by atoms with van der Waals surface area (Å²) in [5.74, 6) is -2.19. The van der Waals surface area contributed by atoms with Gasteiger partial charge in [0.05, 0.1) is 18.1 Å². The van der Waals surface area contributed by atoms with Crippen molar-refractivity contribution in [2.24, 2.45) is 0 Å². The quantitative estimate of drug-likeness (QED) is 0.185. The van der Waals surface area contributed by atoms with Gasteiger partial charge in [0.15, 0.2) is 0 Å². The predicted octanol–water partition coefficient (Wildman–Crippen LogP) is 2.70. The molecule has 1 aromatic carbocycles. The lowest BCUT2D eigenvalue weighted by Crippen LogP contribution is -2.61. The maximum atomic E-state index is 12.5. The number of carbonyl (C=O) groups excluding carboxylic acids is 3. The fourth-order valence-corrected chi connectivity index (χ4v) is 2.94. The van der Waals surface area contributed by atoms with Gasteiger partial charge in [0.25, 0.3) is 5.69 Å². The molecule has 1 N–H and O–H groups in total. The Kier molecular flexibility index (Phi) is 9.78. The van der Waals surface area contributed by atoms with Gasteiger partial charge in [-0.3, -0.25) is 14.9 Å². The Labute approximate surface area is 169 Å². The number of carbonyl (C=O) groups is 3. The Hall–Kier alpha value is -2.97. The summed E-state index contributed by atoms with van der Waals surface area (Å²) in [6.45, 7) is 4.60. The maximum Gasteiger partial charge on any atom is 0.343 e. The van der Waals surface area contributed by atoms with E-state index in [0.29, 0.717) is 19.3 Å². The molecule has 0 heterocycles. The summed E-state index contributed by atoms with van der Waals surface area (Å²) in [5.41, 5.74) is -0.859. The number of hydrogen-bond donors (Lipinski definition) is 1. The minimum absolute atomic E-state index is 0.0395. The van der Waals surface area contributed by atoms with Gasteiger partial charge in [-0.1, -0.05) is 18.6 Å². The zero-order valence-electron chi connectivity index (χ0n) is 17.1. The summed E-state index contributed by atoms with van der Waals surface area (Å²) >= 11 is 0. The second-order valence-corrected chi connectivity index (χ2v) is 6.51. The van der Waals surface area contributed by atoms with Crippen LogP contribution in [0.3, 0.4) is 0 Å². The highest BCUT2D eigenvalue weighted by molar-refractivity contribution is 6.07. The van der Waals surface area contributed by atoms with Gasteiger partial charge < -0.3 is 14.8 Å². The number of nitrogens with zero attached hydrogens (tertiary/aromatic N) is 1. The van der Waals surface area contributed by atoms with Crippen molar-refractivity contribution in [3.63, 3.8) is 0 Å². The van der Waals surface area contributed by atoms with E-state index < -0.39 is 28.3 Å². The number of ether oxygens (including phenoxy) is 2. The Balaban J connectivity index is 2.73. The smallest absolute Gasteiger partial charge is 0.343 e. The SMILES string of the molecule is CCOC(=O)C(CCCCCc1ccc([N+](=O)[O-])cc1)(NC(C)=O)C(=O)OCC. The zero-order chi connectivity index (χ0) is 21.9. The van der Waals surface area contributed by atoms with E-state index in [4.69, 9.17) is 9.47 Å². The van der Waals surface area contributed by atoms with Crippen molar-refractivity contribution in [2.45, 2.75) is 58.4 Å². The Morgan fingerprint density at radius 3 is 2.00 bits per heavy atom. The molecule has 0 aliphatic carbocycles. The Morgan fingerprint density at radius 1 is 1.00 bits per heavy atom. The molecule has 0 radical (unpaired) electrons. The van der Waals surface area contributed by atoms with Crippen LogP contribution < -0.4 is 5.32 Å². The second kappa shape index (κ2) is 11.8. The van der Waals surface area contributed by atoms with Crippen LogP contribution in [0.5, 0.6) is 0 Å². The van der Waals surface area contributed by atoms with Crippen molar-refractivity contribution < 1.29 is 28.8 Å². The standard InChI is InChI=1S/C20H28N2O7/c1-4-28-18(24)20(21-15(3)23,19(25)29-5-2)14-8-6-7-9-16-10-12-17(13-11-16)22(26)27/h10-13H,4-9,14H2,1-3H3,(H,21,23). The number of non-ortho nitro benzene ring substituents is 1. The number of benzene rings is 1. The van der Waals surface area contributed by atoms with Crippen LogP contribution in [-0.2, 0) is 30.3 Å². The highest BCUT2D eigenvalue weighted by atomic mass is 16.6. The minimum Gasteiger partial charge on any atom is -0.464 e. The highest BCUT2D eigenvalue weighted by Gasteiger charge is 2.49. The molecule has 9 heteroatoms. The number of nitro groups is 1. The van der Waals surface area contributed by atoms with Gasteiger partial charge in [0.2, 0.25) is 11.4 Å². The van der Waals surface area contributed by atoms with Gasteiger partial charge in [-0.05, 0) is 45.1 Å². The van der Waals surface area contributed by atoms with Crippen LogP contribution in [0.2, 0.25) is 0 Å². The average Bonchev–Trinajstić information content (AvgIpc) is 2.67. The molecule has 1 amide bonds. The van der Waals surface area contributed by atoms with Gasteiger partial charge in [0, 0.05) is 19.1 Å². The van der Waals surface area contributed by atoms with Crippen LogP contribution in [0.4, 0.5) is 5.69 Å². The average molecular weight is 408 g/mol. The van der Waals surface area contributed by atoms with E-state index in [1.165, 1.54) is 19.1 Å². The van der Waals surface area contributed by atoms with Crippen LogP contribution in [0, 0.1) is 10.1 Å². The number of amides is 1. The lowest BCUT2D eigenvalue weighted by molar-refractivity contribution is -0.384. The van der Waals surface area contributed by atoms with Gasteiger partial charge in [-0.2, -0.15) is 0 Å². The molecule has 0 saturated carbocycles. The topological polar surface area (TPSA) is 125 Å². The van der Waals surface area contributed by atoms with Gasteiger partial charge in [0.1, 0.15) is 0 Å². The summed E-state index contributed by atoms with van der Waals surface area (Å²) in [6.07, 6.45) is 2.66. The molecule has 0 atom stereocenters. The predicted molar refractivity (Wildman–Crippen MR) is 105 cm³/mol. The number of rotatable bonds is 12. The maximum absolute atomic E-state index is 12.5. The monoisotopic (exact) mass is 408 g/mol. The van der Waals surface area contributed by atoms with Crippen LogP contribution in [0.1, 0.15) is 52.0 Å². The molecule has 160 valence electrons. The van der Waals surface area contributed by atoms with Gasteiger partial charge in [-0.25, -0.2) is 9.59 Å². The fraction of sp³-hybridized carbons (Fsp3) is 0.550. The molecule has 0 bridgehead atoms. The van der Waals surface area contributed by atoms with E-state index in [9.17, 15) is 24.5 Å². The molecular weight excluding hydrogens is 380 g/mol. The van der Waals surface area contributed by atoms with Crippen molar-refractivity contribution in [3.05, 3.63) is 39.9 Å². The summed E-state index contributed by atoms with van der Waals surface area (Å²) in [4.78, 5) is 46.9. The van der Waals surface area contributed by atoms with Crippen molar-refractivity contribution in [2.75, 3.05) is 13.2 Å². The van der Waals surface area contributed by atoms with Crippen LogP contribution in [0.25, 0.3) is 0 Å². The number of hydrogen-bond acceptors (Lipinski definition) is 7. The Bertz CT molecular complexity index is 698. The molecule has 0 unspecified atom stereocenters. The molecule has 0 spiro atoms. The van der Waals surface area contributed by atoms with Crippen LogP contribution in [-0.4, -0.2) is 41.5 Å². The minimum atomic E-state index is -1.86. The first-order chi connectivity index (χ1) is 13.8. The van der Waals surface area contributed by atoms with Gasteiger partial charge in [-0.15, -0.1) is 0 Å². The fourth-order valence-electron chi connectivity index (χ4n) is 2.94. The van der Waals surface area contributed by atoms with Crippen molar-refractivity contribution in [1.82, 2.24) is 5.32 Å². The summed E-state index contributed by atoms with van der Waals surface area (Å²) in [6, 6.07) is 6.32. The van der Waals surface area contributed by atoms with E-state index in [0.717, 1.165) is 12.0 Å². The van der Waals surface area contributed by atoms with E-state index in [-0.39, 0.29) is 25.3 Å². The van der Waals surface area contributed by atoms with E-state index in [2.05, 4.69) is 5.32 Å². The number of aryl methyl sites for hydroxylation is 1. The first kappa shape index (κ1) is 24.1. The largest absolute Gasteiger partial charge is 0.464 e. The molecule has 9 nitrogen and oxygen atoms in total. The molecule has 0 aliphatic rings. The lowest BCUT2D eigenvalue weighted by Gasteiger charge is -2.29. The molecule has 1 aromatic rings. The van der Waals surface area contributed by atoms with E-state index in [1.807, 2.05) is 0 Å². The molecule has 0 aromatic heterocycles. The van der Waals surface area contributed by atoms with Gasteiger partial charge >= 0.3 is 11.9 Å². The third-order valence-electron chi connectivity index (χ3n) is 4.30. The number of esters is 2. The summed E-state index contributed by atoms with van der Waals surface area (Å²) in [7, 11) is 0. The Morgan fingerprint density at radius 2 is 1.55 bits per heavy atom. The van der Waals surface area contributed by atoms with E-state index >= 15 is 0 Å². The first-order valence-electron chi connectivity index (χ1n) is 9.63. The summed E-state index contributed by atoms with van der Waals surface area (Å²) in [5, 5.41) is 13.1. The van der Waals surface area contributed by atoms with Crippen molar-refractivity contribution >= 4 is 23.5 Å². The number of nitro benzene ring substituents is 1. The molecule has 29 heavy (non-hydrogen) atoms. The third-order valence-corrected chi connectivity index (χ3v) is 4.30. The second-order valence-electron chi connectivity index (χ2n) is 6.51. The first-order valence-corrected chi connectivity index (χ1v) is 9.63. The molecule has 0 saturated heterocycles. The third kappa shape index (κ3) is 7.17. The molecule has 0 aliphatic heterocycles. The van der Waals surface area contributed by atoms with Crippen LogP contribution >= 0.6 is 0 Å². The number of nitrogens with one attached hydrogen (secondary N) is 1. The number of unbranched alkanes of at least 4 members (excludes halogenated alkanes) is 2.